The van der Waals surface area contributed by atoms with Crippen LogP contribution >= 0.6 is 0 Å². The number of hydrogen-bond acceptors (Lipinski definition) is 3. The molecule has 0 aliphatic carbocycles. The fourth-order valence-electron chi connectivity index (χ4n) is 2.87. The second-order valence-electron chi connectivity index (χ2n) is 5.70. The van der Waals surface area contributed by atoms with Crippen LogP contribution in [0.15, 0.2) is 0 Å². The molecule has 0 radical (unpaired) electrons. The maximum atomic E-state index is 12.2. The molecule has 2 rings (SSSR count). The molecule has 0 aromatic carbocycles. The molecule has 0 aromatic heterocycles. The number of ether oxygens (including phenoxy) is 1. The van der Waals surface area contributed by atoms with Gasteiger partial charge in [0.2, 0.25) is 0 Å². The summed E-state index contributed by atoms with van der Waals surface area (Å²) in [5.74, 6) is -1.05. The van der Waals surface area contributed by atoms with Gasteiger partial charge in [-0.15, -0.1) is 0 Å². The first-order chi connectivity index (χ1) is 8.97. The summed E-state index contributed by atoms with van der Waals surface area (Å²) in [6, 6.07) is -0.131. The van der Waals surface area contributed by atoms with Crippen LogP contribution < -0.4 is 5.32 Å². The Hall–Kier alpha value is -1.30. The molecule has 4 atom stereocenters. The standard InChI is InChI=1S/C13H22N2O4/c1-8-5-10(12(16)17)7-15(6-8)13(18)14-11-3-4-19-9(11)2/h8-11H,3-7H2,1-2H3,(H,14,18)(H,16,17)/t8?,9-,10?,11-/m1/s1. The topological polar surface area (TPSA) is 78.9 Å². The zero-order valence-electron chi connectivity index (χ0n) is 11.5. The zero-order valence-corrected chi connectivity index (χ0v) is 11.5. The molecule has 2 heterocycles. The number of likely N-dealkylation sites (tertiary alicyclic amines) is 1. The summed E-state index contributed by atoms with van der Waals surface area (Å²) in [5.41, 5.74) is 0. The predicted molar refractivity (Wildman–Crippen MR) is 68.8 cm³/mol. The van der Waals surface area contributed by atoms with Crippen molar-refractivity contribution in [2.24, 2.45) is 11.8 Å². The summed E-state index contributed by atoms with van der Waals surface area (Å²) < 4.78 is 5.41. The molecule has 6 nitrogen and oxygen atoms in total. The molecule has 2 saturated heterocycles. The fraction of sp³-hybridized carbons (Fsp3) is 0.846. The lowest BCUT2D eigenvalue weighted by atomic mass is 9.91. The number of piperidine rings is 1. The maximum absolute atomic E-state index is 12.2. The molecule has 0 bridgehead atoms. The molecular weight excluding hydrogens is 248 g/mol. The molecule has 6 heteroatoms. The van der Waals surface area contributed by atoms with Gasteiger partial charge in [-0.25, -0.2) is 4.79 Å². The first-order valence-corrected chi connectivity index (χ1v) is 6.87. The van der Waals surface area contributed by atoms with E-state index in [4.69, 9.17) is 9.84 Å². The smallest absolute Gasteiger partial charge is 0.317 e. The molecule has 108 valence electrons. The quantitative estimate of drug-likeness (QED) is 0.782. The minimum atomic E-state index is -0.818. The van der Waals surface area contributed by atoms with Gasteiger partial charge in [0.05, 0.1) is 18.1 Å². The molecule has 2 fully saturated rings. The van der Waals surface area contributed by atoms with E-state index in [1.165, 1.54) is 0 Å². The number of hydrogen-bond donors (Lipinski definition) is 2. The summed E-state index contributed by atoms with van der Waals surface area (Å²) in [4.78, 5) is 24.9. The number of rotatable bonds is 2. The van der Waals surface area contributed by atoms with Crippen LogP contribution in [-0.4, -0.2) is 53.8 Å². The van der Waals surface area contributed by atoms with Gasteiger partial charge in [0, 0.05) is 19.7 Å². The summed E-state index contributed by atoms with van der Waals surface area (Å²) in [6.07, 6.45) is 1.49. The van der Waals surface area contributed by atoms with Gasteiger partial charge in [0.15, 0.2) is 0 Å². The van der Waals surface area contributed by atoms with E-state index in [2.05, 4.69) is 5.32 Å². The number of carbonyl (C=O) groups excluding carboxylic acids is 1. The molecule has 19 heavy (non-hydrogen) atoms. The van der Waals surface area contributed by atoms with E-state index < -0.39 is 11.9 Å². The zero-order chi connectivity index (χ0) is 14.0. The van der Waals surface area contributed by atoms with E-state index in [0.29, 0.717) is 26.1 Å². The molecular formula is C13H22N2O4. The number of aliphatic carboxylic acids is 1. The highest BCUT2D eigenvalue weighted by atomic mass is 16.5. The van der Waals surface area contributed by atoms with E-state index in [9.17, 15) is 9.59 Å². The van der Waals surface area contributed by atoms with E-state index in [1.807, 2.05) is 13.8 Å². The van der Waals surface area contributed by atoms with Crippen LogP contribution in [0.25, 0.3) is 0 Å². The first kappa shape index (κ1) is 14.1. The third kappa shape index (κ3) is 3.37. The van der Waals surface area contributed by atoms with Crippen molar-refractivity contribution in [3.63, 3.8) is 0 Å². The minimum Gasteiger partial charge on any atom is -0.481 e. The summed E-state index contributed by atoms with van der Waals surface area (Å²) in [6.45, 7) is 5.51. The Morgan fingerprint density at radius 3 is 2.63 bits per heavy atom. The van der Waals surface area contributed by atoms with Gasteiger partial charge in [0.1, 0.15) is 0 Å². The Balaban J connectivity index is 1.92. The van der Waals surface area contributed by atoms with Crippen LogP contribution in [0.4, 0.5) is 4.79 Å². The lowest BCUT2D eigenvalue weighted by molar-refractivity contribution is -0.143. The van der Waals surface area contributed by atoms with Crippen LogP contribution in [0.2, 0.25) is 0 Å². The predicted octanol–water partition coefficient (Wildman–Crippen LogP) is 0.916. The lowest BCUT2D eigenvalue weighted by Gasteiger charge is -2.35. The van der Waals surface area contributed by atoms with E-state index in [-0.39, 0.29) is 24.1 Å². The lowest BCUT2D eigenvalue weighted by Crippen LogP contribution is -2.52. The normalized spacial score (nSPS) is 35.2. The van der Waals surface area contributed by atoms with Crippen LogP contribution in [-0.2, 0) is 9.53 Å². The van der Waals surface area contributed by atoms with Crippen LogP contribution in [0.3, 0.4) is 0 Å². The average molecular weight is 270 g/mol. The van der Waals surface area contributed by atoms with Gasteiger partial charge >= 0.3 is 12.0 Å². The summed E-state index contributed by atoms with van der Waals surface area (Å²) in [7, 11) is 0. The molecule has 0 aromatic rings. The van der Waals surface area contributed by atoms with Crippen molar-refractivity contribution in [2.75, 3.05) is 19.7 Å². The Bertz CT molecular complexity index is 361. The van der Waals surface area contributed by atoms with Crippen LogP contribution in [0.5, 0.6) is 0 Å². The molecule has 2 aliphatic heterocycles. The van der Waals surface area contributed by atoms with Crippen molar-refractivity contribution in [1.82, 2.24) is 10.2 Å². The Kier molecular flexibility index (Phi) is 4.29. The number of nitrogens with zero attached hydrogens (tertiary/aromatic N) is 1. The third-order valence-electron chi connectivity index (χ3n) is 3.98. The third-order valence-corrected chi connectivity index (χ3v) is 3.98. The second kappa shape index (κ2) is 5.77. The van der Waals surface area contributed by atoms with E-state index >= 15 is 0 Å². The van der Waals surface area contributed by atoms with Crippen LogP contribution in [0, 0.1) is 11.8 Å². The van der Waals surface area contributed by atoms with Crippen molar-refractivity contribution in [2.45, 2.75) is 38.8 Å². The molecule has 2 unspecified atom stereocenters. The van der Waals surface area contributed by atoms with Gasteiger partial charge in [0.25, 0.3) is 0 Å². The number of amides is 2. The first-order valence-electron chi connectivity index (χ1n) is 6.87. The Morgan fingerprint density at radius 2 is 2.05 bits per heavy atom. The van der Waals surface area contributed by atoms with Crippen molar-refractivity contribution < 1.29 is 19.4 Å². The SMILES string of the molecule is CC1CC(C(=O)O)CN(C(=O)N[C@@H]2CCO[C@@H]2C)C1. The van der Waals surface area contributed by atoms with Crippen molar-refractivity contribution in [3.8, 4) is 0 Å². The van der Waals surface area contributed by atoms with Gasteiger partial charge in [-0.3, -0.25) is 4.79 Å². The Labute approximate surface area is 113 Å². The van der Waals surface area contributed by atoms with Gasteiger partial charge in [-0.05, 0) is 25.7 Å². The Morgan fingerprint density at radius 1 is 1.32 bits per heavy atom. The minimum absolute atomic E-state index is 0.0291. The summed E-state index contributed by atoms with van der Waals surface area (Å²) >= 11 is 0. The number of nitrogens with one attached hydrogen (secondary N) is 1. The highest BCUT2D eigenvalue weighted by Crippen LogP contribution is 2.22. The largest absolute Gasteiger partial charge is 0.481 e. The van der Waals surface area contributed by atoms with Gasteiger partial charge < -0.3 is 20.1 Å². The van der Waals surface area contributed by atoms with E-state index in [0.717, 1.165) is 6.42 Å². The van der Waals surface area contributed by atoms with E-state index in [1.54, 1.807) is 4.90 Å². The maximum Gasteiger partial charge on any atom is 0.317 e. The van der Waals surface area contributed by atoms with Crippen molar-refractivity contribution >= 4 is 12.0 Å². The van der Waals surface area contributed by atoms with Crippen LogP contribution in [0.1, 0.15) is 26.7 Å². The molecule has 0 spiro atoms. The average Bonchev–Trinajstić information content (AvgIpc) is 2.74. The fourth-order valence-corrected chi connectivity index (χ4v) is 2.87. The monoisotopic (exact) mass is 270 g/mol. The number of carboxylic acids is 1. The van der Waals surface area contributed by atoms with Crippen molar-refractivity contribution in [3.05, 3.63) is 0 Å². The summed E-state index contributed by atoms with van der Waals surface area (Å²) in [5, 5.41) is 12.1. The second-order valence-corrected chi connectivity index (χ2v) is 5.70. The molecule has 0 saturated carbocycles. The van der Waals surface area contributed by atoms with Gasteiger partial charge in [-0.1, -0.05) is 6.92 Å². The molecule has 2 amide bonds. The number of carboxylic acid groups (broad SMARTS) is 1. The molecule has 2 N–H and O–H groups in total. The highest BCUT2D eigenvalue weighted by Gasteiger charge is 2.34. The highest BCUT2D eigenvalue weighted by molar-refractivity contribution is 5.77. The number of carbonyl (C=O) groups is 2. The number of urea groups is 1. The van der Waals surface area contributed by atoms with Gasteiger partial charge in [-0.2, -0.15) is 0 Å². The van der Waals surface area contributed by atoms with Crippen molar-refractivity contribution in [1.29, 1.82) is 0 Å². The molecule has 2 aliphatic rings.